The summed E-state index contributed by atoms with van der Waals surface area (Å²) >= 11 is 0. The van der Waals surface area contributed by atoms with Crippen molar-refractivity contribution in [1.82, 2.24) is 5.01 Å². The maximum absolute atomic E-state index is 10.6. The Bertz CT molecular complexity index is 138. The zero-order chi connectivity index (χ0) is 8.36. The zero-order valence-electron chi connectivity index (χ0n) is 6.70. The number of rotatable bonds is 1. The third-order valence-corrected chi connectivity index (χ3v) is 1.30. The summed E-state index contributed by atoms with van der Waals surface area (Å²) in [5, 5.41) is 22.4. The smallest absolute Gasteiger partial charge is 0.230 e. The molecular formula is C5H13N3O2. The summed E-state index contributed by atoms with van der Waals surface area (Å²) in [5.41, 5.74) is -0.325. The van der Waals surface area contributed by atoms with Crippen LogP contribution in [0.2, 0.25) is 0 Å². The Labute approximate surface area is 60.1 Å². The van der Waals surface area contributed by atoms with Gasteiger partial charge in [0.1, 0.15) is 0 Å². The predicted octanol–water partition coefficient (Wildman–Crippen LogP) is 0.983. The van der Waals surface area contributed by atoms with Crippen molar-refractivity contribution in [3.63, 3.8) is 0 Å². The van der Waals surface area contributed by atoms with E-state index in [1.54, 1.807) is 7.05 Å². The van der Waals surface area contributed by atoms with Crippen molar-refractivity contribution < 1.29 is 10.2 Å². The molecule has 0 aromatic heterocycles. The van der Waals surface area contributed by atoms with Crippen LogP contribution in [0.4, 0.5) is 0 Å². The van der Waals surface area contributed by atoms with E-state index >= 15 is 0 Å². The molecule has 5 nitrogen and oxygen atoms in total. The molecule has 1 N–H and O–H groups in total. The van der Waals surface area contributed by atoms with Crippen LogP contribution in [0, 0.1) is 5.21 Å². The molecule has 0 rings (SSSR count). The molecule has 0 heterocycles. The summed E-state index contributed by atoms with van der Waals surface area (Å²) in [6, 6.07) is 0. The van der Waals surface area contributed by atoms with E-state index in [1.165, 1.54) is 5.01 Å². The van der Waals surface area contributed by atoms with Gasteiger partial charge in [0.05, 0.1) is 17.6 Å². The summed E-state index contributed by atoms with van der Waals surface area (Å²) in [6.07, 6.45) is 0. The lowest BCUT2D eigenvalue weighted by atomic mass is 10.1. The van der Waals surface area contributed by atoms with E-state index < -0.39 is 0 Å². The summed E-state index contributed by atoms with van der Waals surface area (Å²) in [4.78, 5) is 0.139. The van der Waals surface area contributed by atoms with Crippen LogP contribution in [0.5, 0.6) is 0 Å². The van der Waals surface area contributed by atoms with Crippen molar-refractivity contribution in [3.05, 3.63) is 5.21 Å². The fraction of sp³-hybridized carbons (Fsp3) is 1.00. The second kappa shape index (κ2) is 2.72. The molecule has 0 amide bonds. The fourth-order valence-corrected chi connectivity index (χ4v) is 0.317. The van der Waals surface area contributed by atoms with E-state index in [0.717, 1.165) is 0 Å². The minimum absolute atomic E-state index is 0.139. The largest absolute Gasteiger partial charge is 0.569 e. The Balaban J connectivity index is 4.23. The average molecular weight is 147 g/mol. The SMILES string of the molecule is CN([N+]([O-])=NO)C(C)(C)C. The maximum atomic E-state index is 10.6. The summed E-state index contributed by atoms with van der Waals surface area (Å²) in [5.74, 6) is 0. The van der Waals surface area contributed by atoms with Gasteiger partial charge in [-0.3, -0.25) is 0 Å². The average Bonchev–Trinajstić information content (AvgIpc) is 1.83. The molecule has 10 heavy (non-hydrogen) atoms. The number of hydrazine groups is 1. The van der Waals surface area contributed by atoms with E-state index in [9.17, 15) is 5.21 Å². The molecule has 0 aliphatic heterocycles. The molecule has 0 saturated carbocycles. The molecule has 0 aliphatic rings. The van der Waals surface area contributed by atoms with Crippen LogP contribution in [-0.4, -0.2) is 27.8 Å². The molecular weight excluding hydrogens is 134 g/mol. The number of hydrogen-bond donors (Lipinski definition) is 1. The topological polar surface area (TPSA) is 61.9 Å². The van der Waals surface area contributed by atoms with Crippen molar-refractivity contribution in [1.29, 1.82) is 0 Å². The third kappa shape index (κ3) is 2.08. The Morgan fingerprint density at radius 3 is 2.00 bits per heavy atom. The first kappa shape index (κ1) is 9.00. The van der Waals surface area contributed by atoms with Crippen LogP contribution in [0.15, 0.2) is 5.28 Å². The Hall–Kier alpha value is -1.00. The first-order valence-corrected chi connectivity index (χ1v) is 2.95. The van der Waals surface area contributed by atoms with Gasteiger partial charge < -0.3 is 10.4 Å². The molecule has 0 aromatic carbocycles. The monoisotopic (exact) mass is 147 g/mol. The molecule has 0 unspecified atom stereocenters. The van der Waals surface area contributed by atoms with Gasteiger partial charge in [0, 0.05) is 0 Å². The van der Waals surface area contributed by atoms with E-state index in [1.807, 2.05) is 20.8 Å². The van der Waals surface area contributed by atoms with Crippen molar-refractivity contribution >= 4 is 0 Å². The van der Waals surface area contributed by atoms with Crippen LogP contribution in [0.1, 0.15) is 20.8 Å². The van der Waals surface area contributed by atoms with Gasteiger partial charge in [0.2, 0.25) is 5.28 Å². The molecule has 0 radical (unpaired) electrons. The van der Waals surface area contributed by atoms with Gasteiger partial charge in [0.25, 0.3) is 0 Å². The van der Waals surface area contributed by atoms with Gasteiger partial charge >= 0.3 is 0 Å². The fourth-order valence-electron chi connectivity index (χ4n) is 0.317. The standard InChI is InChI=1S/C5H13N3O2/c1-5(2,3)7(4)8(10)6-9/h9H,1-4H3. The maximum Gasteiger partial charge on any atom is 0.230 e. The van der Waals surface area contributed by atoms with E-state index in [-0.39, 0.29) is 10.5 Å². The quantitative estimate of drug-likeness (QED) is 0.341. The van der Waals surface area contributed by atoms with Gasteiger partial charge in [-0.05, 0) is 20.8 Å². The highest BCUT2D eigenvalue weighted by Crippen LogP contribution is 2.09. The summed E-state index contributed by atoms with van der Waals surface area (Å²) in [7, 11) is 1.55. The Morgan fingerprint density at radius 1 is 1.50 bits per heavy atom. The molecule has 0 aliphatic carbocycles. The zero-order valence-corrected chi connectivity index (χ0v) is 6.70. The lowest BCUT2D eigenvalue weighted by Crippen LogP contribution is -2.42. The van der Waals surface area contributed by atoms with Crippen molar-refractivity contribution in [2.24, 2.45) is 5.28 Å². The highest BCUT2D eigenvalue weighted by Gasteiger charge is 2.23. The number of hydrogen-bond acceptors (Lipinski definition) is 2. The van der Waals surface area contributed by atoms with Gasteiger partial charge in [-0.1, -0.05) is 0 Å². The Morgan fingerprint density at radius 2 is 1.90 bits per heavy atom. The summed E-state index contributed by atoms with van der Waals surface area (Å²) in [6.45, 7) is 5.51. The molecule has 0 spiro atoms. The highest BCUT2D eigenvalue weighted by molar-refractivity contribution is 4.64. The predicted molar refractivity (Wildman–Crippen MR) is 35.4 cm³/mol. The van der Waals surface area contributed by atoms with Gasteiger partial charge in [-0.2, -0.15) is 0 Å². The molecule has 60 valence electrons. The lowest BCUT2D eigenvalue weighted by molar-refractivity contribution is -0.718. The minimum atomic E-state index is -0.325. The Kier molecular flexibility index (Phi) is 2.45. The molecule has 5 heteroatoms. The van der Waals surface area contributed by atoms with Crippen LogP contribution in [-0.2, 0) is 0 Å². The second-order valence-corrected chi connectivity index (χ2v) is 3.04. The molecule has 0 atom stereocenters. The van der Waals surface area contributed by atoms with E-state index in [4.69, 9.17) is 5.21 Å². The summed E-state index contributed by atoms with van der Waals surface area (Å²) < 4.78 is 0. The van der Waals surface area contributed by atoms with Crippen LogP contribution in [0.3, 0.4) is 0 Å². The van der Waals surface area contributed by atoms with Gasteiger partial charge in [0.15, 0.2) is 0 Å². The van der Waals surface area contributed by atoms with E-state index in [0.29, 0.717) is 0 Å². The highest BCUT2D eigenvalue weighted by atomic mass is 16.6. The van der Waals surface area contributed by atoms with Crippen LogP contribution in [0.25, 0.3) is 0 Å². The van der Waals surface area contributed by atoms with Crippen molar-refractivity contribution in [3.8, 4) is 0 Å². The lowest BCUT2D eigenvalue weighted by Gasteiger charge is -2.25. The second-order valence-electron chi connectivity index (χ2n) is 3.04. The van der Waals surface area contributed by atoms with Crippen molar-refractivity contribution in [2.45, 2.75) is 26.3 Å². The van der Waals surface area contributed by atoms with Gasteiger partial charge in [-0.25, -0.2) is 0 Å². The minimum Gasteiger partial charge on any atom is -0.569 e. The first-order valence-electron chi connectivity index (χ1n) is 2.95. The van der Waals surface area contributed by atoms with Gasteiger partial charge in [-0.15, -0.1) is 5.01 Å². The van der Waals surface area contributed by atoms with E-state index in [2.05, 4.69) is 5.28 Å². The third-order valence-electron chi connectivity index (χ3n) is 1.30. The first-order chi connectivity index (χ1) is 4.39. The van der Waals surface area contributed by atoms with Crippen LogP contribution >= 0.6 is 0 Å². The number of nitrogens with zero attached hydrogens (tertiary/aromatic N) is 3. The molecule has 0 fully saturated rings. The molecule has 0 saturated heterocycles. The van der Waals surface area contributed by atoms with Crippen LogP contribution < -0.4 is 0 Å². The van der Waals surface area contributed by atoms with Crippen molar-refractivity contribution in [2.75, 3.05) is 7.05 Å². The normalized spacial score (nSPS) is 13.4. The molecule has 0 aromatic rings. The molecule has 0 bridgehead atoms.